The van der Waals surface area contributed by atoms with Crippen molar-refractivity contribution >= 4 is 31.6 Å². The van der Waals surface area contributed by atoms with Gasteiger partial charge in [0.15, 0.2) is 0 Å². The summed E-state index contributed by atoms with van der Waals surface area (Å²) < 4.78 is 26.6. The molecule has 0 aliphatic rings. The number of anilines is 1. The van der Waals surface area contributed by atoms with E-state index in [1.165, 1.54) is 0 Å². The van der Waals surface area contributed by atoms with Crippen molar-refractivity contribution in [2.45, 2.75) is 19.8 Å². The van der Waals surface area contributed by atoms with Gasteiger partial charge in [0, 0.05) is 4.47 Å². The first-order chi connectivity index (χ1) is 7.98. The molecule has 0 saturated heterocycles. The quantitative estimate of drug-likeness (QED) is 0.908. The molecule has 1 aromatic rings. The first-order valence-electron chi connectivity index (χ1n) is 5.18. The lowest BCUT2D eigenvalue weighted by Gasteiger charge is -2.09. The Bertz CT molecular complexity index is 535. The zero-order chi connectivity index (χ0) is 12.9. The number of hydrogen-bond acceptors (Lipinski definition) is 3. The van der Waals surface area contributed by atoms with Crippen molar-refractivity contribution in [2.24, 2.45) is 0 Å². The van der Waals surface area contributed by atoms with E-state index >= 15 is 0 Å². The SMILES string of the molecule is CCCCS(=O)(=O)Nc1cc(Br)ccc1C#N. The zero-order valence-electron chi connectivity index (χ0n) is 9.40. The Morgan fingerprint density at radius 2 is 2.18 bits per heavy atom. The summed E-state index contributed by atoms with van der Waals surface area (Å²) in [5, 5.41) is 8.88. The molecule has 0 heterocycles. The van der Waals surface area contributed by atoms with Gasteiger partial charge in [-0.15, -0.1) is 0 Å². The second-order valence-electron chi connectivity index (χ2n) is 3.58. The van der Waals surface area contributed by atoms with E-state index in [9.17, 15) is 8.42 Å². The van der Waals surface area contributed by atoms with Crippen LogP contribution in [0.2, 0.25) is 0 Å². The second kappa shape index (κ2) is 6.03. The van der Waals surface area contributed by atoms with Crippen LogP contribution < -0.4 is 4.72 Å². The van der Waals surface area contributed by atoms with Crippen molar-refractivity contribution in [3.63, 3.8) is 0 Å². The minimum absolute atomic E-state index is 0.0703. The molecule has 0 aliphatic heterocycles. The fourth-order valence-electron chi connectivity index (χ4n) is 1.25. The van der Waals surface area contributed by atoms with Crippen LogP contribution in [0.5, 0.6) is 0 Å². The fraction of sp³-hybridized carbons (Fsp3) is 0.364. The van der Waals surface area contributed by atoms with Crippen LogP contribution in [-0.2, 0) is 10.0 Å². The molecule has 6 heteroatoms. The zero-order valence-corrected chi connectivity index (χ0v) is 11.8. The Labute approximate surface area is 110 Å². The van der Waals surface area contributed by atoms with Crippen molar-refractivity contribution < 1.29 is 8.42 Å². The van der Waals surface area contributed by atoms with Gasteiger partial charge >= 0.3 is 0 Å². The van der Waals surface area contributed by atoms with Gasteiger partial charge in [-0.05, 0) is 24.6 Å². The molecule has 17 heavy (non-hydrogen) atoms. The molecule has 4 nitrogen and oxygen atoms in total. The number of nitrogens with one attached hydrogen (secondary N) is 1. The molecular formula is C11H13BrN2O2S. The largest absolute Gasteiger partial charge is 0.282 e. The number of hydrogen-bond donors (Lipinski definition) is 1. The maximum absolute atomic E-state index is 11.7. The van der Waals surface area contributed by atoms with Crippen LogP contribution in [0, 0.1) is 11.3 Å². The molecule has 0 amide bonds. The lowest BCUT2D eigenvalue weighted by atomic mass is 10.2. The van der Waals surface area contributed by atoms with Gasteiger partial charge in [0.05, 0.1) is 17.0 Å². The maximum atomic E-state index is 11.7. The third-order valence-electron chi connectivity index (χ3n) is 2.13. The van der Waals surface area contributed by atoms with Gasteiger partial charge < -0.3 is 0 Å². The van der Waals surface area contributed by atoms with Gasteiger partial charge in [-0.2, -0.15) is 5.26 Å². The molecule has 1 N–H and O–H groups in total. The Balaban J connectivity index is 2.95. The van der Waals surface area contributed by atoms with Gasteiger partial charge in [-0.3, -0.25) is 4.72 Å². The minimum Gasteiger partial charge on any atom is -0.282 e. The number of unbranched alkanes of at least 4 members (excludes halogenated alkanes) is 1. The van der Waals surface area contributed by atoms with E-state index in [0.29, 0.717) is 17.7 Å². The standard InChI is InChI=1S/C11H13BrN2O2S/c1-2-3-6-17(15,16)14-11-7-10(12)5-4-9(11)8-13/h4-5,7,14H,2-3,6H2,1H3. The minimum atomic E-state index is -3.37. The number of halogens is 1. The fourth-order valence-corrected chi connectivity index (χ4v) is 2.89. The van der Waals surface area contributed by atoms with E-state index in [2.05, 4.69) is 20.7 Å². The van der Waals surface area contributed by atoms with Crippen LogP contribution in [0.25, 0.3) is 0 Å². The summed E-state index contributed by atoms with van der Waals surface area (Å²) in [5.74, 6) is 0.0703. The number of benzene rings is 1. The molecule has 92 valence electrons. The summed E-state index contributed by atoms with van der Waals surface area (Å²) in [6.45, 7) is 1.93. The lowest BCUT2D eigenvalue weighted by Crippen LogP contribution is -2.17. The van der Waals surface area contributed by atoms with Crippen LogP contribution >= 0.6 is 15.9 Å². The average molecular weight is 317 g/mol. The smallest absolute Gasteiger partial charge is 0.232 e. The molecule has 0 spiro atoms. The van der Waals surface area contributed by atoms with Crippen LogP contribution in [0.3, 0.4) is 0 Å². The summed E-state index contributed by atoms with van der Waals surface area (Å²) >= 11 is 3.24. The molecule has 1 aromatic carbocycles. The van der Waals surface area contributed by atoms with Crippen molar-refractivity contribution in [3.05, 3.63) is 28.2 Å². The van der Waals surface area contributed by atoms with Crippen LogP contribution in [0.1, 0.15) is 25.3 Å². The molecule has 0 saturated carbocycles. The molecule has 0 bridgehead atoms. The highest BCUT2D eigenvalue weighted by Crippen LogP contribution is 2.22. The average Bonchev–Trinajstić information content (AvgIpc) is 2.26. The molecular weight excluding hydrogens is 304 g/mol. The summed E-state index contributed by atoms with van der Waals surface area (Å²) in [6.07, 6.45) is 1.41. The van der Waals surface area contributed by atoms with E-state index in [-0.39, 0.29) is 5.75 Å². The summed E-state index contributed by atoms with van der Waals surface area (Å²) in [5.41, 5.74) is 0.631. The van der Waals surface area contributed by atoms with E-state index in [1.807, 2.05) is 13.0 Å². The Morgan fingerprint density at radius 1 is 1.47 bits per heavy atom. The predicted octanol–water partition coefficient (Wildman–Crippen LogP) is 2.86. The Morgan fingerprint density at radius 3 is 2.76 bits per heavy atom. The molecule has 0 aromatic heterocycles. The Kier molecular flexibility index (Phi) is 4.97. The first kappa shape index (κ1) is 14.0. The van der Waals surface area contributed by atoms with Crippen molar-refractivity contribution in [3.8, 4) is 6.07 Å². The summed E-state index contributed by atoms with van der Waals surface area (Å²) in [4.78, 5) is 0. The van der Waals surface area contributed by atoms with Crippen LogP contribution in [-0.4, -0.2) is 14.2 Å². The molecule has 0 radical (unpaired) electrons. The monoisotopic (exact) mass is 316 g/mol. The molecule has 0 unspecified atom stereocenters. The van der Waals surface area contributed by atoms with E-state index in [0.717, 1.165) is 10.9 Å². The van der Waals surface area contributed by atoms with Crippen LogP contribution in [0.15, 0.2) is 22.7 Å². The van der Waals surface area contributed by atoms with Gasteiger partial charge in [0.1, 0.15) is 6.07 Å². The van der Waals surface area contributed by atoms with Crippen molar-refractivity contribution in [2.75, 3.05) is 10.5 Å². The molecule has 1 rings (SSSR count). The highest BCUT2D eigenvalue weighted by Gasteiger charge is 2.12. The van der Waals surface area contributed by atoms with Gasteiger partial charge in [-0.25, -0.2) is 8.42 Å². The van der Waals surface area contributed by atoms with E-state index in [1.54, 1.807) is 18.2 Å². The number of sulfonamides is 1. The third kappa shape index (κ3) is 4.36. The van der Waals surface area contributed by atoms with E-state index in [4.69, 9.17) is 5.26 Å². The van der Waals surface area contributed by atoms with E-state index < -0.39 is 10.0 Å². The van der Waals surface area contributed by atoms with Crippen molar-refractivity contribution in [1.29, 1.82) is 5.26 Å². The van der Waals surface area contributed by atoms with Gasteiger partial charge in [0.25, 0.3) is 0 Å². The lowest BCUT2D eigenvalue weighted by molar-refractivity contribution is 0.598. The van der Waals surface area contributed by atoms with Crippen LogP contribution in [0.4, 0.5) is 5.69 Å². The summed E-state index contributed by atoms with van der Waals surface area (Å²) in [7, 11) is -3.37. The third-order valence-corrected chi connectivity index (χ3v) is 3.98. The molecule has 0 aliphatic carbocycles. The topological polar surface area (TPSA) is 70.0 Å². The number of nitrogens with zero attached hydrogens (tertiary/aromatic N) is 1. The van der Waals surface area contributed by atoms with Gasteiger partial charge in [-0.1, -0.05) is 29.3 Å². The second-order valence-corrected chi connectivity index (χ2v) is 6.33. The van der Waals surface area contributed by atoms with Crippen molar-refractivity contribution in [1.82, 2.24) is 0 Å². The molecule has 0 atom stereocenters. The van der Waals surface area contributed by atoms with Gasteiger partial charge in [0.2, 0.25) is 10.0 Å². The first-order valence-corrected chi connectivity index (χ1v) is 7.63. The highest BCUT2D eigenvalue weighted by atomic mass is 79.9. The summed E-state index contributed by atoms with van der Waals surface area (Å²) in [6, 6.07) is 6.81. The predicted molar refractivity (Wildman–Crippen MR) is 71.2 cm³/mol. The Hall–Kier alpha value is -1.06. The molecule has 0 fully saturated rings. The maximum Gasteiger partial charge on any atom is 0.232 e. The number of nitriles is 1. The number of rotatable bonds is 5. The normalized spacial score (nSPS) is 10.9. The highest BCUT2D eigenvalue weighted by molar-refractivity contribution is 9.10.